The molecule has 2 rings (SSSR count). The number of aliphatic hydroxyl groups excluding tert-OH is 1. The monoisotopic (exact) mass is 356 g/mol. The number of rotatable bonds is 12. The lowest BCUT2D eigenvalue weighted by atomic mass is 10.2. The van der Waals surface area contributed by atoms with Crippen LogP contribution in [0.5, 0.6) is 0 Å². The van der Waals surface area contributed by atoms with Gasteiger partial charge in [-0.15, -0.1) is 6.42 Å². The van der Waals surface area contributed by atoms with Gasteiger partial charge in [0.2, 0.25) is 0 Å². The molecule has 1 aromatic carbocycles. The van der Waals surface area contributed by atoms with Gasteiger partial charge in [0.05, 0.1) is 19.3 Å². The summed E-state index contributed by atoms with van der Waals surface area (Å²) in [6.07, 6.45) is 6.67. The predicted molar refractivity (Wildman–Crippen MR) is 103 cm³/mol. The lowest BCUT2D eigenvalue weighted by Gasteiger charge is -2.25. The Morgan fingerprint density at radius 1 is 1.23 bits per heavy atom. The van der Waals surface area contributed by atoms with Crippen LogP contribution in [-0.2, 0) is 22.6 Å². The Labute approximate surface area is 156 Å². The summed E-state index contributed by atoms with van der Waals surface area (Å²) in [6, 6.07) is 14.5. The molecule has 0 aliphatic heterocycles. The number of hydrogen-bond donors (Lipinski definition) is 1. The third-order valence-corrected chi connectivity index (χ3v) is 4.08. The molecule has 1 aromatic heterocycles. The van der Waals surface area contributed by atoms with Gasteiger partial charge in [0, 0.05) is 45.2 Å². The molecule has 0 aliphatic carbocycles. The van der Waals surface area contributed by atoms with Crippen LogP contribution in [0.2, 0.25) is 0 Å². The Hall–Kier alpha value is -2.10. The molecule has 0 bridgehead atoms. The van der Waals surface area contributed by atoms with Crippen molar-refractivity contribution in [2.45, 2.75) is 19.2 Å². The Morgan fingerprint density at radius 2 is 2.04 bits per heavy atom. The Balaban J connectivity index is 1.97. The molecule has 0 amide bonds. The summed E-state index contributed by atoms with van der Waals surface area (Å²) >= 11 is 0. The van der Waals surface area contributed by atoms with E-state index in [1.54, 1.807) is 7.11 Å². The second-order valence-electron chi connectivity index (χ2n) is 6.21. The third kappa shape index (κ3) is 7.03. The molecule has 5 nitrogen and oxygen atoms in total. The molecule has 1 atom stereocenters. The Morgan fingerprint density at radius 3 is 2.77 bits per heavy atom. The highest BCUT2D eigenvalue weighted by Gasteiger charge is 2.14. The van der Waals surface area contributed by atoms with Crippen molar-refractivity contribution in [1.82, 2.24) is 9.47 Å². The number of ether oxygens (including phenoxy) is 2. The molecule has 0 saturated carbocycles. The van der Waals surface area contributed by atoms with E-state index < -0.39 is 6.10 Å². The molecule has 0 spiro atoms. The zero-order chi connectivity index (χ0) is 18.6. The zero-order valence-electron chi connectivity index (χ0n) is 15.4. The van der Waals surface area contributed by atoms with Crippen LogP contribution in [-0.4, -0.2) is 60.7 Å². The van der Waals surface area contributed by atoms with Gasteiger partial charge in [0.15, 0.2) is 0 Å². The molecule has 0 saturated heterocycles. The first-order valence-electron chi connectivity index (χ1n) is 8.81. The second kappa shape index (κ2) is 11.5. The molecule has 5 heteroatoms. The average molecular weight is 356 g/mol. The van der Waals surface area contributed by atoms with E-state index >= 15 is 0 Å². The standard InChI is InChI=1S/C21H28N2O3/c1-3-13-26-18-21(24)17-22(12-14-25-2)16-20-10-7-11-23(20)15-19-8-5-4-6-9-19/h1,4-11,21,24H,12-18H2,2H3/t21-/m0/s1. The normalized spacial score (nSPS) is 12.2. The number of aliphatic hydroxyl groups is 1. The molecule has 26 heavy (non-hydrogen) atoms. The quantitative estimate of drug-likeness (QED) is 0.467. The van der Waals surface area contributed by atoms with Gasteiger partial charge in [-0.3, -0.25) is 4.90 Å². The van der Waals surface area contributed by atoms with E-state index in [-0.39, 0.29) is 13.2 Å². The van der Waals surface area contributed by atoms with E-state index in [1.165, 1.54) is 11.3 Å². The zero-order valence-corrected chi connectivity index (χ0v) is 15.4. The van der Waals surface area contributed by atoms with Crippen molar-refractivity contribution in [2.75, 3.05) is 40.0 Å². The van der Waals surface area contributed by atoms with Gasteiger partial charge in [-0.05, 0) is 17.7 Å². The molecule has 0 aliphatic rings. The third-order valence-electron chi connectivity index (χ3n) is 4.08. The van der Waals surface area contributed by atoms with Crippen LogP contribution in [0.3, 0.4) is 0 Å². The number of benzene rings is 1. The van der Waals surface area contributed by atoms with Crippen molar-refractivity contribution in [3.8, 4) is 12.3 Å². The van der Waals surface area contributed by atoms with Gasteiger partial charge in [-0.2, -0.15) is 0 Å². The van der Waals surface area contributed by atoms with Crippen LogP contribution in [0.4, 0.5) is 0 Å². The molecule has 1 N–H and O–H groups in total. The van der Waals surface area contributed by atoms with Crippen LogP contribution in [0.1, 0.15) is 11.3 Å². The fourth-order valence-corrected chi connectivity index (χ4v) is 2.82. The number of hydrogen-bond acceptors (Lipinski definition) is 4. The number of terminal acetylenes is 1. The summed E-state index contributed by atoms with van der Waals surface area (Å²) in [5, 5.41) is 10.2. The van der Waals surface area contributed by atoms with Crippen molar-refractivity contribution in [3.05, 3.63) is 59.9 Å². The Kier molecular flexibility index (Phi) is 8.94. The molecule has 140 valence electrons. The molecular formula is C21H28N2O3. The lowest BCUT2D eigenvalue weighted by molar-refractivity contribution is 0.0203. The van der Waals surface area contributed by atoms with Gasteiger partial charge in [-0.25, -0.2) is 0 Å². The minimum absolute atomic E-state index is 0.217. The van der Waals surface area contributed by atoms with E-state index in [2.05, 4.69) is 58.0 Å². The maximum atomic E-state index is 10.2. The van der Waals surface area contributed by atoms with Crippen LogP contribution in [0, 0.1) is 12.3 Å². The minimum atomic E-state index is -0.585. The van der Waals surface area contributed by atoms with Crippen LogP contribution in [0.25, 0.3) is 0 Å². The van der Waals surface area contributed by atoms with Crippen molar-refractivity contribution in [2.24, 2.45) is 0 Å². The molecule has 1 heterocycles. The highest BCUT2D eigenvalue weighted by molar-refractivity contribution is 5.17. The largest absolute Gasteiger partial charge is 0.389 e. The molecule has 0 radical (unpaired) electrons. The molecule has 0 unspecified atom stereocenters. The SMILES string of the molecule is C#CCOC[C@@H](O)CN(CCOC)Cc1cccn1Cc1ccccc1. The van der Waals surface area contributed by atoms with Crippen LogP contribution < -0.4 is 0 Å². The number of methoxy groups -OCH3 is 1. The average Bonchev–Trinajstić information content (AvgIpc) is 3.07. The maximum Gasteiger partial charge on any atom is 0.107 e. The van der Waals surface area contributed by atoms with Gasteiger partial charge in [0.25, 0.3) is 0 Å². The molecular weight excluding hydrogens is 328 g/mol. The van der Waals surface area contributed by atoms with Gasteiger partial charge in [-0.1, -0.05) is 36.3 Å². The maximum absolute atomic E-state index is 10.2. The first-order valence-corrected chi connectivity index (χ1v) is 8.81. The number of aromatic nitrogens is 1. The lowest BCUT2D eigenvalue weighted by Crippen LogP contribution is -2.37. The second-order valence-corrected chi connectivity index (χ2v) is 6.21. The fourth-order valence-electron chi connectivity index (χ4n) is 2.82. The van der Waals surface area contributed by atoms with Crippen molar-refractivity contribution < 1.29 is 14.6 Å². The van der Waals surface area contributed by atoms with E-state index in [0.29, 0.717) is 13.2 Å². The van der Waals surface area contributed by atoms with Crippen LogP contribution >= 0.6 is 0 Å². The minimum Gasteiger partial charge on any atom is -0.389 e. The molecule has 0 fully saturated rings. The first-order chi connectivity index (χ1) is 12.7. The summed E-state index contributed by atoms with van der Waals surface area (Å²) in [5.74, 6) is 2.41. The number of nitrogens with zero attached hydrogens (tertiary/aromatic N) is 2. The highest BCUT2D eigenvalue weighted by atomic mass is 16.5. The van der Waals surface area contributed by atoms with Crippen molar-refractivity contribution in [1.29, 1.82) is 0 Å². The van der Waals surface area contributed by atoms with E-state index in [4.69, 9.17) is 15.9 Å². The van der Waals surface area contributed by atoms with Crippen molar-refractivity contribution in [3.63, 3.8) is 0 Å². The van der Waals surface area contributed by atoms with Gasteiger partial charge < -0.3 is 19.1 Å². The van der Waals surface area contributed by atoms with Gasteiger partial charge >= 0.3 is 0 Å². The fraction of sp³-hybridized carbons (Fsp3) is 0.429. The summed E-state index contributed by atoms with van der Waals surface area (Å²) in [5.41, 5.74) is 2.46. The predicted octanol–water partition coefficient (Wildman–Crippen LogP) is 2.00. The smallest absolute Gasteiger partial charge is 0.107 e. The van der Waals surface area contributed by atoms with Crippen LogP contribution in [0.15, 0.2) is 48.7 Å². The topological polar surface area (TPSA) is 46.9 Å². The van der Waals surface area contributed by atoms with E-state index in [0.717, 1.165) is 19.6 Å². The summed E-state index contributed by atoms with van der Waals surface area (Å²) in [7, 11) is 1.68. The van der Waals surface area contributed by atoms with Gasteiger partial charge in [0.1, 0.15) is 6.61 Å². The Bertz CT molecular complexity index is 663. The first kappa shape index (κ1) is 20.2. The van der Waals surface area contributed by atoms with E-state index in [1.807, 2.05) is 6.07 Å². The van der Waals surface area contributed by atoms with E-state index in [9.17, 15) is 5.11 Å². The molecule has 2 aromatic rings. The van der Waals surface area contributed by atoms with Crippen molar-refractivity contribution >= 4 is 0 Å². The summed E-state index contributed by atoms with van der Waals surface area (Å²) < 4.78 is 12.7. The summed E-state index contributed by atoms with van der Waals surface area (Å²) in [6.45, 7) is 3.86. The highest BCUT2D eigenvalue weighted by Crippen LogP contribution is 2.11. The summed E-state index contributed by atoms with van der Waals surface area (Å²) in [4.78, 5) is 2.17.